The Morgan fingerprint density at radius 1 is 1.10 bits per heavy atom. The van der Waals surface area contributed by atoms with Crippen LogP contribution in [-0.4, -0.2) is 50.6 Å². The maximum absolute atomic E-state index is 13.3. The summed E-state index contributed by atoms with van der Waals surface area (Å²) in [5, 5.41) is 3.00. The van der Waals surface area contributed by atoms with Gasteiger partial charge < -0.3 is 19.7 Å². The van der Waals surface area contributed by atoms with Crippen molar-refractivity contribution in [2.24, 2.45) is 5.92 Å². The number of hydrogen-bond acceptors (Lipinski definition) is 4. The number of unbranched alkanes of at least 4 members (excludes halogenated alkanes) is 1. The van der Waals surface area contributed by atoms with Gasteiger partial charge in [-0.15, -0.1) is 0 Å². The van der Waals surface area contributed by atoms with Crippen molar-refractivity contribution in [2.45, 2.75) is 25.7 Å². The first-order valence-corrected chi connectivity index (χ1v) is 10.5. The summed E-state index contributed by atoms with van der Waals surface area (Å²) in [6.07, 6.45) is 1.87. The summed E-state index contributed by atoms with van der Waals surface area (Å²) in [6.45, 7) is 3.29. The van der Waals surface area contributed by atoms with Crippen LogP contribution in [0, 0.1) is 11.7 Å². The Hall–Kier alpha value is -3.09. The molecule has 2 atom stereocenters. The topological polar surface area (TPSA) is 67.9 Å². The number of rotatable bonds is 8. The quantitative estimate of drug-likeness (QED) is 0.652. The SMILES string of the molecule is CCCCNC(=O)[C@H]1CN(C(=O)c2ccc(F)cc2)C[C@@H]1c1cc(OC)ccc1OC. The lowest BCUT2D eigenvalue weighted by molar-refractivity contribution is -0.124. The lowest BCUT2D eigenvalue weighted by Crippen LogP contribution is -2.36. The minimum atomic E-state index is -0.428. The number of ether oxygens (including phenoxy) is 2. The minimum absolute atomic E-state index is 0.0854. The Balaban J connectivity index is 1.91. The lowest BCUT2D eigenvalue weighted by Gasteiger charge is -2.21. The van der Waals surface area contributed by atoms with E-state index in [-0.39, 0.29) is 24.3 Å². The molecule has 1 N–H and O–H groups in total. The summed E-state index contributed by atoms with van der Waals surface area (Å²) in [5.74, 6) is -0.0885. The molecule has 1 saturated heterocycles. The fraction of sp³-hybridized carbons (Fsp3) is 0.417. The van der Waals surface area contributed by atoms with E-state index >= 15 is 0 Å². The largest absolute Gasteiger partial charge is 0.497 e. The van der Waals surface area contributed by atoms with E-state index in [9.17, 15) is 14.0 Å². The van der Waals surface area contributed by atoms with E-state index in [0.29, 0.717) is 30.2 Å². The molecule has 1 heterocycles. The molecule has 0 radical (unpaired) electrons. The highest BCUT2D eigenvalue weighted by atomic mass is 19.1. The zero-order valence-electron chi connectivity index (χ0n) is 18.2. The molecule has 1 fully saturated rings. The predicted octanol–water partition coefficient (Wildman–Crippen LogP) is 3.62. The highest BCUT2D eigenvalue weighted by Crippen LogP contribution is 2.40. The van der Waals surface area contributed by atoms with Crippen LogP contribution in [0.4, 0.5) is 4.39 Å². The molecule has 0 bridgehead atoms. The summed E-state index contributed by atoms with van der Waals surface area (Å²) >= 11 is 0. The van der Waals surface area contributed by atoms with Gasteiger partial charge >= 0.3 is 0 Å². The highest BCUT2D eigenvalue weighted by molar-refractivity contribution is 5.95. The van der Waals surface area contributed by atoms with Crippen LogP contribution in [0.15, 0.2) is 42.5 Å². The van der Waals surface area contributed by atoms with Gasteiger partial charge in [0.2, 0.25) is 5.91 Å². The van der Waals surface area contributed by atoms with Crippen molar-refractivity contribution >= 4 is 11.8 Å². The second-order valence-electron chi connectivity index (χ2n) is 7.68. The van der Waals surface area contributed by atoms with Crippen molar-refractivity contribution in [3.8, 4) is 11.5 Å². The third kappa shape index (κ3) is 5.16. The summed E-state index contributed by atoms with van der Waals surface area (Å²) in [5.41, 5.74) is 1.22. The molecule has 1 aliphatic rings. The zero-order chi connectivity index (χ0) is 22.4. The third-order valence-electron chi connectivity index (χ3n) is 5.70. The molecule has 0 spiro atoms. The summed E-state index contributed by atoms with van der Waals surface area (Å²) in [4.78, 5) is 27.7. The van der Waals surface area contributed by atoms with Gasteiger partial charge in [0.1, 0.15) is 17.3 Å². The molecular weight excluding hydrogens is 399 g/mol. The van der Waals surface area contributed by atoms with Gasteiger partial charge in [-0.3, -0.25) is 9.59 Å². The second-order valence-corrected chi connectivity index (χ2v) is 7.68. The van der Waals surface area contributed by atoms with E-state index in [1.807, 2.05) is 12.1 Å². The van der Waals surface area contributed by atoms with Gasteiger partial charge in [0, 0.05) is 36.7 Å². The number of nitrogens with one attached hydrogen (secondary N) is 1. The maximum Gasteiger partial charge on any atom is 0.253 e. The van der Waals surface area contributed by atoms with Crippen LogP contribution in [-0.2, 0) is 4.79 Å². The Morgan fingerprint density at radius 2 is 1.84 bits per heavy atom. The number of nitrogens with zero attached hydrogens (tertiary/aromatic N) is 1. The number of carbonyl (C=O) groups is 2. The van der Waals surface area contributed by atoms with Gasteiger partial charge in [-0.25, -0.2) is 4.39 Å². The molecule has 31 heavy (non-hydrogen) atoms. The van der Waals surface area contributed by atoms with Gasteiger partial charge in [0.25, 0.3) is 5.91 Å². The smallest absolute Gasteiger partial charge is 0.253 e. The van der Waals surface area contributed by atoms with Gasteiger partial charge in [0.15, 0.2) is 0 Å². The Morgan fingerprint density at radius 3 is 2.48 bits per heavy atom. The number of benzene rings is 2. The van der Waals surface area contributed by atoms with E-state index < -0.39 is 11.7 Å². The van der Waals surface area contributed by atoms with Gasteiger partial charge in [-0.2, -0.15) is 0 Å². The van der Waals surface area contributed by atoms with Crippen LogP contribution < -0.4 is 14.8 Å². The molecule has 1 aliphatic heterocycles. The first-order valence-electron chi connectivity index (χ1n) is 10.5. The summed E-state index contributed by atoms with van der Waals surface area (Å²) in [6, 6.07) is 10.9. The molecule has 0 aromatic heterocycles. The van der Waals surface area contributed by atoms with Crippen molar-refractivity contribution < 1.29 is 23.5 Å². The fourth-order valence-electron chi connectivity index (χ4n) is 3.97. The number of likely N-dealkylation sites (tertiary alicyclic amines) is 1. The van der Waals surface area contributed by atoms with Crippen LogP contribution >= 0.6 is 0 Å². The number of amides is 2. The van der Waals surface area contributed by atoms with Crippen molar-refractivity contribution in [1.82, 2.24) is 10.2 Å². The van der Waals surface area contributed by atoms with Crippen LogP contribution in [0.25, 0.3) is 0 Å². The van der Waals surface area contributed by atoms with E-state index in [2.05, 4.69) is 12.2 Å². The summed E-state index contributed by atoms with van der Waals surface area (Å²) < 4.78 is 24.2. The van der Waals surface area contributed by atoms with E-state index in [4.69, 9.17) is 9.47 Å². The number of hydrogen-bond donors (Lipinski definition) is 1. The van der Waals surface area contributed by atoms with E-state index in [1.54, 1.807) is 25.2 Å². The van der Waals surface area contributed by atoms with E-state index in [0.717, 1.165) is 18.4 Å². The molecule has 2 aromatic carbocycles. The van der Waals surface area contributed by atoms with Crippen molar-refractivity contribution in [3.63, 3.8) is 0 Å². The first kappa shape index (κ1) is 22.6. The highest BCUT2D eigenvalue weighted by Gasteiger charge is 2.41. The van der Waals surface area contributed by atoms with Crippen molar-refractivity contribution in [3.05, 3.63) is 59.4 Å². The Bertz CT molecular complexity index is 916. The fourth-order valence-corrected chi connectivity index (χ4v) is 3.97. The lowest BCUT2D eigenvalue weighted by atomic mass is 9.87. The normalized spacial score (nSPS) is 18.0. The van der Waals surface area contributed by atoms with Crippen LogP contribution in [0.3, 0.4) is 0 Å². The summed E-state index contributed by atoms with van der Waals surface area (Å²) in [7, 11) is 3.16. The number of methoxy groups -OCH3 is 2. The predicted molar refractivity (Wildman–Crippen MR) is 116 cm³/mol. The Labute approximate surface area is 182 Å². The number of carbonyl (C=O) groups excluding carboxylic acids is 2. The molecule has 166 valence electrons. The average molecular weight is 429 g/mol. The monoisotopic (exact) mass is 428 g/mol. The molecule has 0 saturated carbocycles. The molecule has 0 aliphatic carbocycles. The van der Waals surface area contributed by atoms with Crippen LogP contribution in [0.5, 0.6) is 11.5 Å². The van der Waals surface area contributed by atoms with Crippen LogP contribution in [0.2, 0.25) is 0 Å². The molecule has 0 unspecified atom stereocenters. The van der Waals surface area contributed by atoms with Crippen LogP contribution in [0.1, 0.15) is 41.6 Å². The molecule has 7 heteroatoms. The molecule has 3 rings (SSSR count). The van der Waals surface area contributed by atoms with Gasteiger partial charge in [-0.05, 0) is 48.9 Å². The third-order valence-corrected chi connectivity index (χ3v) is 5.70. The second kappa shape index (κ2) is 10.3. The standard InChI is InChI=1S/C24H29FN2O4/c1-4-5-12-26-23(28)21-15-27(24(29)16-6-8-17(25)9-7-16)14-20(21)19-13-18(30-2)10-11-22(19)31-3/h6-11,13,20-21H,4-5,12,14-15H2,1-3H3,(H,26,28)/t20-,21+/m1/s1. The molecule has 2 aromatic rings. The van der Waals surface area contributed by atoms with Gasteiger partial charge in [-0.1, -0.05) is 13.3 Å². The van der Waals surface area contributed by atoms with Crippen molar-refractivity contribution in [1.29, 1.82) is 0 Å². The Kier molecular flexibility index (Phi) is 7.50. The molecule has 6 nitrogen and oxygen atoms in total. The molecule has 2 amide bonds. The van der Waals surface area contributed by atoms with Crippen molar-refractivity contribution in [2.75, 3.05) is 33.9 Å². The average Bonchev–Trinajstić information content (AvgIpc) is 3.24. The van der Waals surface area contributed by atoms with Gasteiger partial charge in [0.05, 0.1) is 20.1 Å². The first-order chi connectivity index (χ1) is 15.0. The number of halogens is 1. The van der Waals surface area contributed by atoms with E-state index in [1.165, 1.54) is 24.3 Å². The minimum Gasteiger partial charge on any atom is -0.497 e. The zero-order valence-corrected chi connectivity index (χ0v) is 18.2. The maximum atomic E-state index is 13.3. The molecular formula is C24H29FN2O4.